The number of rotatable bonds is 4. The van der Waals surface area contributed by atoms with Crippen LogP contribution < -0.4 is 0 Å². The molecule has 2 saturated heterocycles. The molecule has 8 heteroatoms. The summed E-state index contributed by atoms with van der Waals surface area (Å²) in [6.45, 7) is 6.37. The zero-order valence-electron chi connectivity index (χ0n) is 14.1. The molecule has 0 amide bonds. The van der Waals surface area contributed by atoms with Crippen LogP contribution in [0.3, 0.4) is 0 Å². The van der Waals surface area contributed by atoms with Crippen molar-refractivity contribution in [1.82, 2.24) is 18.4 Å². The average Bonchev–Trinajstić information content (AvgIpc) is 2.56. The van der Waals surface area contributed by atoms with Gasteiger partial charge in [0, 0.05) is 63.4 Å². The first-order valence-corrected chi connectivity index (χ1v) is 10.5. The first-order valence-electron chi connectivity index (χ1n) is 8.36. The maximum Gasteiger partial charge on any atom is 0.282 e. The van der Waals surface area contributed by atoms with Crippen molar-refractivity contribution >= 4 is 26.1 Å². The number of hydrogen-bond donors (Lipinski definition) is 0. The molecular formula is C16H25BrN4O2S. The maximum absolute atomic E-state index is 12.8. The van der Waals surface area contributed by atoms with Crippen LogP contribution in [0.25, 0.3) is 0 Å². The van der Waals surface area contributed by atoms with E-state index in [4.69, 9.17) is 0 Å². The predicted octanol–water partition coefficient (Wildman–Crippen LogP) is 1.06. The smallest absolute Gasteiger partial charge is 0.282 e. The third-order valence-corrected chi connectivity index (χ3v) is 7.27. The molecule has 0 radical (unpaired) electrons. The fourth-order valence-corrected chi connectivity index (χ4v) is 5.22. The summed E-state index contributed by atoms with van der Waals surface area (Å²) in [5.74, 6) is 0. The van der Waals surface area contributed by atoms with Gasteiger partial charge in [0.2, 0.25) is 0 Å². The minimum Gasteiger partial charge on any atom is -0.304 e. The number of nitrogens with zero attached hydrogens (tertiary/aromatic N) is 4. The van der Waals surface area contributed by atoms with Crippen molar-refractivity contribution in [2.24, 2.45) is 0 Å². The Labute approximate surface area is 153 Å². The van der Waals surface area contributed by atoms with Gasteiger partial charge in [-0.3, -0.25) is 4.90 Å². The first-order chi connectivity index (χ1) is 11.4. The van der Waals surface area contributed by atoms with Crippen molar-refractivity contribution in [3.05, 3.63) is 34.3 Å². The van der Waals surface area contributed by atoms with Gasteiger partial charge in [-0.15, -0.1) is 0 Å². The zero-order valence-corrected chi connectivity index (χ0v) is 16.5. The van der Waals surface area contributed by atoms with Gasteiger partial charge in [-0.1, -0.05) is 28.1 Å². The second-order valence-corrected chi connectivity index (χ2v) is 9.36. The molecule has 0 aromatic heterocycles. The normalized spacial score (nSPS) is 22.8. The Bertz CT molecular complexity index is 654. The van der Waals surface area contributed by atoms with Crippen molar-refractivity contribution in [3.63, 3.8) is 0 Å². The largest absolute Gasteiger partial charge is 0.304 e. The number of halogens is 1. The second kappa shape index (κ2) is 7.80. The Morgan fingerprint density at radius 2 is 1.54 bits per heavy atom. The SMILES string of the molecule is CN1CCN(S(=O)(=O)N2CCN(Cc3cccc(Br)c3)CC2)CC1. The molecule has 0 aliphatic carbocycles. The van der Waals surface area contributed by atoms with Crippen LogP contribution in [-0.4, -0.2) is 86.2 Å². The van der Waals surface area contributed by atoms with Gasteiger partial charge < -0.3 is 4.90 Å². The molecule has 134 valence electrons. The summed E-state index contributed by atoms with van der Waals surface area (Å²) < 4.78 is 29.9. The molecule has 1 aromatic rings. The van der Waals surface area contributed by atoms with Crippen molar-refractivity contribution in [1.29, 1.82) is 0 Å². The summed E-state index contributed by atoms with van der Waals surface area (Å²) >= 11 is 3.50. The first kappa shape index (κ1) is 18.3. The lowest BCUT2D eigenvalue weighted by Gasteiger charge is -2.39. The van der Waals surface area contributed by atoms with Gasteiger partial charge in [0.15, 0.2) is 0 Å². The predicted molar refractivity (Wildman–Crippen MR) is 99.0 cm³/mol. The van der Waals surface area contributed by atoms with E-state index in [0.29, 0.717) is 26.2 Å². The van der Waals surface area contributed by atoms with Crippen LogP contribution in [0.4, 0.5) is 0 Å². The van der Waals surface area contributed by atoms with E-state index in [2.05, 4.69) is 37.9 Å². The lowest BCUT2D eigenvalue weighted by atomic mass is 10.2. The molecule has 0 unspecified atom stereocenters. The minimum absolute atomic E-state index is 0.572. The van der Waals surface area contributed by atoms with Crippen LogP contribution in [0.15, 0.2) is 28.7 Å². The van der Waals surface area contributed by atoms with E-state index < -0.39 is 10.2 Å². The van der Waals surface area contributed by atoms with Gasteiger partial charge in [0.05, 0.1) is 0 Å². The van der Waals surface area contributed by atoms with Crippen LogP contribution in [0.2, 0.25) is 0 Å². The van der Waals surface area contributed by atoms with Gasteiger partial charge in [-0.25, -0.2) is 0 Å². The molecule has 3 rings (SSSR count). The van der Waals surface area contributed by atoms with E-state index in [1.807, 2.05) is 19.2 Å². The van der Waals surface area contributed by atoms with Gasteiger partial charge in [0.25, 0.3) is 10.2 Å². The van der Waals surface area contributed by atoms with E-state index in [-0.39, 0.29) is 0 Å². The lowest BCUT2D eigenvalue weighted by molar-refractivity contribution is 0.165. The Hall–Kier alpha value is -0.510. The summed E-state index contributed by atoms with van der Waals surface area (Å²) in [4.78, 5) is 4.49. The highest BCUT2D eigenvalue weighted by Crippen LogP contribution is 2.17. The van der Waals surface area contributed by atoms with E-state index in [1.165, 1.54) is 5.56 Å². The fraction of sp³-hybridized carbons (Fsp3) is 0.625. The molecule has 6 nitrogen and oxygen atoms in total. The second-order valence-electron chi connectivity index (χ2n) is 6.52. The monoisotopic (exact) mass is 416 g/mol. The number of piperazine rings is 2. The molecule has 0 saturated carbocycles. The van der Waals surface area contributed by atoms with Gasteiger partial charge >= 0.3 is 0 Å². The zero-order chi connectivity index (χ0) is 17.2. The van der Waals surface area contributed by atoms with Crippen molar-refractivity contribution < 1.29 is 8.42 Å². The molecule has 2 aliphatic heterocycles. The molecule has 0 atom stereocenters. The maximum atomic E-state index is 12.8. The minimum atomic E-state index is -3.31. The summed E-state index contributed by atoms with van der Waals surface area (Å²) in [7, 11) is -1.27. The summed E-state index contributed by atoms with van der Waals surface area (Å²) in [6, 6.07) is 8.28. The summed E-state index contributed by atoms with van der Waals surface area (Å²) in [6.07, 6.45) is 0. The molecule has 24 heavy (non-hydrogen) atoms. The quantitative estimate of drug-likeness (QED) is 0.735. The third-order valence-electron chi connectivity index (χ3n) is 4.74. The molecule has 2 fully saturated rings. The Balaban J connectivity index is 1.54. The van der Waals surface area contributed by atoms with E-state index in [9.17, 15) is 8.42 Å². The van der Waals surface area contributed by atoms with Crippen LogP contribution in [0.5, 0.6) is 0 Å². The van der Waals surface area contributed by atoms with Crippen molar-refractivity contribution in [2.75, 3.05) is 59.4 Å². The fourth-order valence-electron chi connectivity index (χ4n) is 3.19. The van der Waals surface area contributed by atoms with E-state index in [1.54, 1.807) is 8.61 Å². The Morgan fingerprint density at radius 3 is 2.12 bits per heavy atom. The third kappa shape index (κ3) is 4.36. The molecule has 1 aromatic carbocycles. The molecule has 2 heterocycles. The number of hydrogen-bond acceptors (Lipinski definition) is 4. The molecule has 2 aliphatic rings. The van der Waals surface area contributed by atoms with Gasteiger partial charge in [0.1, 0.15) is 0 Å². The molecule has 0 N–H and O–H groups in total. The Kier molecular flexibility index (Phi) is 5.94. The topological polar surface area (TPSA) is 47.1 Å². The molecule has 0 spiro atoms. The molecular weight excluding hydrogens is 392 g/mol. The van der Waals surface area contributed by atoms with E-state index in [0.717, 1.165) is 37.2 Å². The number of benzene rings is 1. The van der Waals surface area contributed by atoms with Crippen LogP contribution in [0.1, 0.15) is 5.56 Å². The van der Waals surface area contributed by atoms with Gasteiger partial charge in [-0.05, 0) is 24.7 Å². The Morgan fingerprint density at radius 1 is 0.958 bits per heavy atom. The van der Waals surface area contributed by atoms with Crippen LogP contribution in [-0.2, 0) is 16.8 Å². The highest BCUT2D eigenvalue weighted by molar-refractivity contribution is 9.10. The summed E-state index contributed by atoms with van der Waals surface area (Å²) in [5, 5.41) is 0. The highest BCUT2D eigenvalue weighted by Gasteiger charge is 2.33. The molecule has 0 bridgehead atoms. The average molecular weight is 417 g/mol. The van der Waals surface area contributed by atoms with Gasteiger partial charge in [-0.2, -0.15) is 17.0 Å². The van der Waals surface area contributed by atoms with Crippen LogP contribution in [0, 0.1) is 0 Å². The van der Waals surface area contributed by atoms with Crippen molar-refractivity contribution in [3.8, 4) is 0 Å². The number of likely N-dealkylation sites (N-methyl/N-ethyl adjacent to an activating group) is 1. The van der Waals surface area contributed by atoms with Crippen molar-refractivity contribution in [2.45, 2.75) is 6.54 Å². The standard InChI is InChI=1S/C16H25BrN4O2S/c1-18-5-9-20(10-6-18)24(22,23)21-11-7-19(8-12-21)14-15-3-2-4-16(17)13-15/h2-4,13H,5-12,14H2,1H3. The van der Waals surface area contributed by atoms with Crippen LogP contribution >= 0.6 is 15.9 Å². The van der Waals surface area contributed by atoms with E-state index >= 15 is 0 Å². The highest BCUT2D eigenvalue weighted by atomic mass is 79.9. The summed E-state index contributed by atoms with van der Waals surface area (Å²) in [5.41, 5.74) is 1.25. The lowest BCUT2D eigenvalue weighted by Crippen LogP contribution is -2.56.